The van der Waals surface area contributed by atoms with Gasteiger partial charge in [0, 0.05) is 11.9 Å². The molecule has 36 heavy (non-hydrogen) atoms. The molecule has 0 fully saturated rings. The van der Waals surface area contributed by atoms with Crippen molar-refractivity contribution in [3.8, 4) is 23.0 Å². The standard InChI is InChI=1S/C27H28N2O7/c1-5-35-27(31)21-19(15-12-17(32-2)24(34-4)18(13-15)33-3)20-23(36-25(21)28)16-10-6-8-14-9-7-11-29(22(14)16)26(20)30/h6,8,10,12-13,19H,5,7,9,11,28H2,1-4H3. The molecule has 0 saturated carbocycles. The molecule has 1 atom stereocenters. The van der Waals surface area contributed by atoms with Gasteiger partial charge in [-0.3, -0.25) is 4.79 Å². The Hall–Kier alpha value is -4.14. The number of hydrogen-bond donors (Lipinski definition) is 1. The number of aryl methyl sites for hydroxylation is 2. The van der Waals surface area contributed by atoms with Gasteiger partial charge in [-0.15, -0.1) is 0 Å². The molecule has 9 nitrogen and oxygen atoms in total. The van der Waals surface area contributed by atoms with Crippen LogP contribution in [0, 0.1) is 0 Å². The lowest BCUT2D eigenvalue weighted by Crippen LogP contribution is -2.36. The highest BCUT2D eigenvalue weighted by molar-refractivity contribution is 5.96. The van der Waals surface area contributed by atoms with Gasteiger partial charge in [-0.25, -0.2) is 4.79 Å². The fourth-order valence-corrected chi connectivity index (χ4v) is 5.27. The summed E-state index contributed by atoms with van der Waals surface area (Å²) in [6.07, 6.45) is 1.70. The van der Waals surface area contributed by atoms with Crippen LogP contribution in [0.3, 0.4) is 0 Å². The Morgan fingerprint density at radius 1 is 1.14 bits per heavy atom. The quantitative estimate of drug-likeness (QED) is 0.522. The third kappa shape index (κ3) is 3.45. The lowest BCUT2D eigenvalue weighted by molar-refractivity contribution is -0.139. The van der Waals surface area contributed by atoms with Crippen LogP contribution >= 0.6 is 0 Å². The fourth-order valence-electron chi connectivity index (χ4n) is 5.27. The van der Waals surface area contributed by atoms with E-state index >= 15 is 0 Å². The fraction of sp³-hybridized carbons (Fsp3) is 0.333. The summed E-state index contributed by atoms with van der Waals surface area (Å²) in [4.78, 5) is 27.3. The third-order valence-corrected chi connectivity index (χ3v) is 6.75. The Labute approximate surface area is 208 Å². The SMILES string of the molecule is CCOC(=O)C1=C(N)Oc2c(c(=O)n3c4c(cccc24)CCC3)C1c1cc(OC)c(OC)c(OC)c1. The summed E-state index contributed by atoms with van der Waals surface area (Å²) < 4.78 is 29.7. The van der Waals surface area contributed by atoms with E-state index in [0.29, 0.717) is 40.7 Å². The lowest BCUT2D eigenvalue weighted by Gasteiger charge is -2.31. The van der Waals surface area contributed by atoms with Gasteiger partial charge in [-0.05, 0) is 49.1 Å². The zero-order valence-corrected chi connectivity index (χ0v) is 20.7. The molecule has 0 aliphatic carbocycles. The first kappa shape index (κ1) is 23.6. The number of nitrogens with two attached hydrogens (primary N) is 1. The molecule has 3 heterocycles. The second-order valence-corrected chi connectivity index (χ2v) is 8.61. The van der Waals surface area contributed by atoms with Gasteiger partial charge >= 0.3 is 5.97 Å². The molecule has 2 aromatic carbocycles. The van der Waals surface area contributed by atoms with E-state index in [4.69, 9.17) is 29.4 Å². The maximum atomic E-state index is 14.1. The number of hydrogen-bond acceptors (Lipinski definition) is 8. The first-order valence-electron chi connectivity index (χ1n) is 11.8. The van der Waals surface area contributed by atoms with E-state index in [1.807, 2.05) is 18.2 Å². The Balaban J connectivity index is 1.88. The maximum absolute atomic E-state index is 14.1. The Morgan fingerprint density at radius 3 is 2.50 bits per heavy atom. The normalized spacial score (nSPS) is 16.3. The topological polar surface area (TPSA) is 111 Å². The van der Waals surface area contributed by atoms with Crippen molar-refractivity contribution in [2.24, 2.45) is 5.73 Å². The highest BCUT2D eigenvalue weighted by Crippen LogP contribution is 2.48. The Bertz CT molecular complexity index is 1450. The van der Waals surface area contributed by atoms with E-state index in [0.717, 1.165) is 29.3 Å². The second-order valence-electron chi connectivity index (χ2n) is 8.61. The van der Waals surface area contributed by atoms with Crippen molar-refractivity contribution in [1.82, 2.24) is 4.57 Å². The van der Waals surface area contributed by atoms with Crippen LogP contribution in [0.25, 0.3) is 10.9 Å². The Kier molecular flexibility index (Phi) is 5.99. The molecule has 0 saturated heterocycles. The van der Waals surface area contributed by atoms with Crippen molar-refractivity contribution in [2.75, 3.05) is 27.9 Å². The average molecular weight is 493 g/mol. The van der Waals surface area contributed by atoms with Gasteiger partial charge in [0.05, 0.1) is 44.9 Å². The van der Waals surface area contributed by atoms with E-state index < -0.39 is 11.9 Å². The second kappa shape index (κ2) is 9.14. The number of esters is 1. The molecule has 1 unspecified atom stereocenters. The molecule has 9 heteroatoms. The summed E-state index contributed by atoms with van der Waals surface area (Å²) in [5.74, 6) is -0.156. The van der Waals surface area contributed by atoms with Gasteiger partial charge in [0.25, 0.3) is 5.56 Å². The zero-order chi connectivity index (χ0) is 25.6. The Morgan fingerprint density at radius 2 is 1.86 bits per heavy atom. The van der Waals surface area contributed by atoms with Crippen molar-refractivity contribution in [2.45, 2.75) is 32.2 Å². The van der Waals surface area contributed by atoms with Crippen LogP contribution in [0.15, 0.2) is 46.6 Å². The summed E-state index contributed by atoms with van der Waals surface area (Å²) in [5.41, 5.74) is 8.96. The largest absolute Gasteiger partial charge is 0.493 e. The number of benzene rings is 2. The van der Waals surface area contributed by atoms with E-state index in [-0.39, 0.29) is 23.6 Å². The summed E-state index contributed by atoms with van der Waals surface area (Å²) in [7, 11) is 4.51. The number of ether oxygens (including phenoxy) is 5. The minimum atomic E-state index is -0.882. The molecule has 1 aromatic heterocycles. The van der Waals surface area contributed by atoms with Gasteiger partial charge < -0.3 is 34.0 Å². The molecule has 0 spiro atoms. The van der Waals surface area contributed by atoms with Crippen molar-refractivity contribution in [3.63, 3.8) is 0 Å². The van der Waals surface area contributed by atoms with Crippen LogP contribution in [0.4, 0.5) is 0 Å². The highest BCUT2D eigenvalue weighted by Gasteiger charge is 2.40. The number of para-hydroxylation sites is 1. The summed E-state index contributed by atoms with van der Waals surface area (Å²) in [6.45, 7) is 2.40. The maximum Gasteiger partial charge on any atom is 0.340 e. The molecule has 188 valence electrons. The van der Waals surface area contributed by atoms with Crippen LogP contribution in [-0.2, 0) is 22.5 Å². The van der Waals surface area contributed by atoms with Gasteiger partial charge in [0.2, 0.25) is 11.6 Å². The molecular weight excluding hydrogens is 464 g/mol. The first-order chi connectivity index (χ1) is 17.4. The van der Waals surface area contributed by atoms with Crippen molar-refractivity contribution in [1.29, 1.82) is 0 Å². The number of rotatable bonds is 6. The zero-order valence-electron chi connectivity index (χ0n) is 20.7. The van der Waals surface area contributed by atoms with Gasteiger partial charge in [0.15, 0.2) is 11.5 Å². The number of fused-ring (bicyclic) bond motifs is 2. The van der Waals surface area contributed by atoms with Crippen molar-refractivity contribution in [3.05, 3.63) is 68.8 Å². The van der Waals surface area contributed by atoms with Crippen LogP contribution < -0.4 is 30.2 Å². The monoisotopic (exact) mass is 492 g/mol. The lowest BCUT2D eigenvalue weighted by atomic mass is 9.82. The number of aromatic nitrogens is 1. The molecule has 3 aromatic rings. The van der Waals surface area contributed by atoms with Gasteiger partial charge in [0.1, 0.15) is 11.3 Å². The molecule has 0 bridgehead atoms. The van der Waals surface area contributed by atoms with E-state index in [9.17, 15) is 9.59 Å². The van der Waals surface area contributed by atoms with E-state index in [1.165, 1.54) is 21.3 Å². The van der Waals surface area contributed by atoms with Crippen molar-refractivity contribution >= 4 is 16.9 Å². The number of carbonyl (C=O) groups is 1. The first-order valence-corrected chi connectivity index (χ1v) is 11.8. The van der Waals surface area contributed by atoms with Crippen LogP contribution in [-0.4, -0.2) is 38.5 Å². The number of carbonyl (C=O) groups excluding carboxylic acids is 1. The van der Waals surface area contributed by atoms with Crippen molar-refractivity contribution < 1.29 is 28.5 Å². The summed E-state index contributed by atoms with van der Waals surface area (Å²) in [5, 5.41) is 0.769. The van der Waals surface area contributed by atoms with Crippen LogP contribution in [0.5, 0.6) is 23.0 Å². The predicted molar refractivity (Wildman–Crippen MR) is 133 cm³/mol. The van der Waals surface area contributed by atoms with Crippen LogP contribution in [0.1, 0.15) is 36.0 Å². The van der Waals surface area contributed by atoms with E-state index in [2.05, 4.69) is 0 Å². The van der Waals surface area contributed by atoms with E-state index in [1.54, 1.807) is 23.6 Å². The minimum absolute atomic E-state index is 0.0508. The number of methoxy groups -OCH3 is 3. The number of nitrogens with zero attached hydrogens (tertiary/aromatic N) is 1. The third-order valence-electron chi connectivity index (χ3n) is 6.75. The molecule has 2 aliphatic heterocycles. The predicted octanol–water partition coefficient (Wildman–Crippen LogP) is 3.23. The summed E-state index contributed by atoms with van der Waals surface area (Å²) in [6, 6.07) is 9.30. The molecule has 5 rings (SSSR count). The highest BCUT2D eigenvalue weighted by atomic mass is 16.5. The molecule has 0 radical (unpaired) electrons. The molecule has 2 N–H and O–H groups in total. The molecular formula is C27H28N2O7. The van der Waals surface area contributed by atoms with Gasteiger partial charge in [-0.2, -0.15) is 0 Å². The smallest absolute Gasteiger partial charge is 0.340 e. The molecule has 0 amide bonds. The average Bonchev–Trinajstić information content (AvgIpc) is 2.89. The van der Waals surface area contributed by atoms with Crippen LogP contribution in [0.2, 0.25) is 0 Å². The molecule has 2 aliphatic rings. The number of pyridine rings is 1. The van der Waals surface area contributed by atoms with Gasteiger partial charge in [-0.1, -0.05) is 12.1 Å². The minimum Gasteiger partial charge on any atom is -0.493 e. The summed E-state index contributed by atoms with van der Waals surface area (Å²) >= 11 is 0.